The summed E-state index contributed by atoms with van der Waals surface area (Å²) in [6.07, 6.45) is 0. The van der Waals surface area contributed by atoms with E-state index in [1.54, 1.807) is 19.9 Å². The second-order valence-electron chi connectivity index (χ2n) is 4.45. The molecule has 0 aliphatic heterocycles. The van der Waals surface area contributed by atoms with Crippen molar-refractivity contribution in [1.29, 1.82) is 0 Å². The predicted octanol–water partition coefficient (Wildman–Crippen LogP) is 2.61. The Morgan fingerprint density at radius 1 is 1.45 bits per heavy atom. The molecule has 1 unspecified atom stereocenters. The van der Waals surface area contributed by atoms with Gasteiger partial charge in [-0.25, -0.2) is 4.39 Å². The van der Waals surface area contributed by atoms with Crippen molar-refractivity contribution in [3.05, 3.63) is 29.6 Å². The molecule has 110 valence electrons. The third-order valence-corrected chi connectivity index (χ3v) is 3.88. The van der Waals surface area contributed by atoms with E-state index < -0.39 is 5.82 Å². The molecule has 0 fully saturated rings. The first-order valence-corrected chi connectivity index (χ1v) is 7.31. The van der Waals surface area contributed by atoms with E-state index in [4.69, 9.17) is 0 Å². The zero-order valence-corrected chi connectivity index (χ0v) is 12.6. The second kappa shape index (κ2) is 7.89. The van der Waals surface area contributed by atoms with Crippen LogP contribution in [0, 0.1) is 18.7 Å². The van der Waals surface area contributed by atoms with Crippen molar-refractivity contribution in [2.24, 2.45) is 5.92 Å². The van der Waals surface area contributed by atoms with Crippen LogP contribution in [0.15, 0.2) is 18.2 Å². The van der Waals surface area contributed by atoms with Crippen LogP contribution in [-0.4, -0.2) is 30.5 Å². The SMILES string of the molecule is COC(=O)C(C)CSCC(=O)Nc1cc(F)ccc1C. The first kappa shape index (κ1) is 16.5. The van der Waals surface area contributed by atoms with Crippen LogP contribution in [0.5, 0.6) is 0 Å². The number of thioether (sulfide) groups is 1. The molecule has 0 spiro atoms. The van der Waals surface area contributed by atoms with Gasteiger partial charge >= 0.3 is 5.97 Å². The first-order chi connectivity index (χ1) is 9.43. The number of benzene rings is 1. The van der Waals surface area contributed by atoms with Gasteiger partial charge in [0.1, 0.15) is 5.82 Å². The Morgan fingerprint density at radius 2 is 2.15 bits per heavy atom. The third kappa shape index (κ3) is 5.21. The fraction of sp³-hybridized carbons (Fsp3) is 0.429. The zero-order valence-electron chi connectivity index (χ0n) is 11.7. The van der Waals surface area contributed by atoms with Crippen LogP contribution >= 0.6 is 11.8 Å². The van der Waals surface area contributed by atoms with Gasteiger partial charge in [-0.15, -0.1) is 0 Å². The van der Waals surface area contributed by atoms with Crippen molar-refractivity contribution in [2.45, 2.75) is 13.8 Å². The Hall–Kier alpha value is -1.56. The number of methoxy groups -OCH3 is 1. The maximum absolute atomic E-state index is 13.1. The molecule has 1 aromatic rings. The van der Waals surface area contributed by atoms with Crippen LogP contribution in [0.1, 0.15) is 12.5 Å². The summed E-state index contributed by atoms with van der Waals surface area (Å²) in [5, 5.41) is 2.65. The number of hydrogen-bond donors (Lipinski definition) is 1. The monoisotopic (exact) mass is 299 g/mol. The summed E-state index contributed by atoms with van der Waals surface area (Å²) in [5.41, 5.74) is 1.27. The normalized spacial score (nSPS) is 11.8. The lowest BCUT2D eigenvalue weighted by atomic mass is 10.2. The van der Waals surface area contributed by atoms with Crippen molar-refractivity contribution in [1.82, 2.24) is 0 Å². The van der Waals surface area contributed by atoms with Gasteiger partial charge in [0.15, 0.2) is 0 Å². The van der Waals surface area contributed by atoms with E-state index in [9.17, 15) is 14.0 Å². The molecule has 1 amide bonds. The predicted molar refractivity (Wildman–Crippen MR) is 78.3 cm³/mol. The van der Waals surface area contributed by atoms with Gasteiger partial charge in [0, 0.05) is 11.4 Å². The van der Waals surface area contributed by atoms with Gasteiger partial charge in [0.25, 0.3) is 0 Å². The molecule has 0 aliphatic carbocycles. The van der Waals surface area contributed by atoms with Gasteiger partial charge < -0.3 is 10.1 Å². The Morgan fingerprint density at radius 3 is 2.80 bits per heavy atom. The highest BCUT2D eigenvalue weighted by Crippen LogP contribution is 2.17. The van der Waals surface area contributed by atoms with E-state index in [0.29, 0.717) is 11.4 Å². The maximum atomic E-state index is 13.1. The van der Waals surface area contributed by atoms with E-state index >= 15 is 0 Å². The summed E-state index contributed by atoms with van der Waals surface area (Å²) < 4.78 is 17.7. The minimum Gasteiger partial charge on any atom is -0.469 e. The van der Waals surface area contributed by atoms with Gasteiger partial charge in [-0.05, 0) is 24.6 Å². The Labute approximate surface area is 122 Å². The first-order valence-electron chi connectivity index (χ1n) is 6.15. The Kier molecular flexibility index (Phi) is 6.51. The smallest absolute Gasteiger partial charge is 0.309 e. The molecule has 0 saturated carbocycles. The van der Waals surface area contributed by atoms with Crippen molar-refractivity contribution < 1.29 is 18.7 Å². The Balaban J connectivity index is 2.41. The summed E-state index contributed by atoms with van der Waals surface area (Å²) in [6, 6.07) is 4.24. The van der Waals surface area contributed by atoms with E-state index in [-0.39, 0.29) is 23.5 Å². The number of nitrogens with one attached hydrogen (secondary N) is 1. The minimum atomic E-state index is -0.391. The topological polar surface area (TPSA) is 55.4 Å². The molecule has 4 nitrogen and oxygen atoms in total. The van der Waals surface area contributed by atoms with Gasteiger partial charge in [0.05, 0.1) is 18.8 Å². The van der Waals surface area contributed by atoms with Gasteiger partial charge in [0.2, 0.25) is 5.91 Å². The number of esters is 1. The maximum Gasteiger partial charge on any atom is 0.309 e. The van der Waals surface area contributed by atoms with Crippen LogP contribution in [0.4, 0.5) is 10.1 Å². The van der Waals surface area contributed by atoms with Crippen molar-refractivity contribution >= 4 is 29.3 Å². The summed E-state index contributed by atoms with van der Waals surface area (Å²) in [5.74, 6) is -0.453. The Bertz CT molecular complexity index is 493. The number of carbonyl (C=O) groups excluding carboxylic acids is 2. The number of amides is 1. The highest BCUT2D eigenvalue weighted by Gasteiger charge is 2.14. The lowest BCUT2D eigenvalue weighted by Gasteiger charge is -2.10. The summed E-state index contributed by atoms with van der Waals surface area (Å²) in [6.45, 7) is 3.54. The summed E-state index contributed by atoms with van der Waals surface area (Å²) >= 11 is 1.34. The fourth-order valence-electron chi connectivity index (χ4n) is 1.51. The third-order valence-electron chi connectivity index (χ3n) is 2.68. The number of hydrogen-bond acceptors (Lipinski definition) is 4. The molecule has 1 atom stereocenters. The lowest BCUT2D eigenvalue weighted by Crippen LogP contribution is -2.18. The molecule has 0 aromatic heterocycles. The quantitative estimate of drug-likeness (QED) is 0.820. The number of rotatable bonds is 6. The van der Waals surface area contributed by atoms with Crippen LogP contribution in [-0.2, 0) is 14.3 Å². The van der Waals surface area contributed by atoms with E-state index in [0.717, 1.165) is 5.56 Å². The molecule has 1 N–H and O–H groups in total. The van der Waals surface area contributed by atoms with Crippen molar-refractivity contribution in [3.63, 3.8) is 0 Å². The van der Waals surface area contributed by atoms with Crippen molar-refractivity contribution in [3.8, 4) is 0 Å². The summed E-state index contributed by atoms with van der Waals surface area (Å²) in [7, 11) is 1.34. The van der Waals surface area contributed by atoms with Gasteiger partial charge in [-0.1, -0.05) is 13.0 Å². The van der Waals surface area contributed by atoms with Crippen LogP contribution in [0.2, 0.25) is 0 Å². The fourth-order valence-corrected chi connectivity index (χ4v) is 2.38. The number of anilines is 1. The molecule has 20 heavy (non-hydrogen) atoms. The van der Waals surface area contributed by atoms with Gasteiger partial charge in [-0.3, -0.25) is 9.59 Å². The van der Waals surface area contributed by atoms with Gasteiger partial charge in [-0.2, -0.15) is 11.8 Å². The molecule has 1 rings (SSSR count). The molecular weight excluding hydrogens is 281 g/mol. The average Bonchev–Trinajstić information content (AvgIpc) is 2.41. The van der Waals surface area contributed by atoms with Crippen LogP contribution < -0.4 is 5.32 Å². The standard InChI is InChI=1S/C14H18FNO3S/c1-9-4-5-11(15)6-12(9)16-13(17)8-20-7-10(2)14(18)19-3/h4-6,10H,7-8H2,1-3H3,(H,16,17). The highest BCUT2D eigenvalue weighted by atomic mass is 32.2. The molecule has 0 bridgehead atoms. The zero-order chi connectivity index (χ0) is 15.1. The molecule has 0 radical (unpaired) electrons. The highest BCUT2D eigenvalue weighted by molar-refractivity contribution is 8.00. The van der Waals surface area contributed by atoms with E-state index in [2.05, 4.69) is 10.1 Å². The number of carbonyl (C=O) groups is 2. The molecule has 0 heterocycles. The molecule has 1 aromatic carbocycles. The average molecular weight is 299 g/mol. The van der Waals surface area contributed by atoms with E-state index in [1.807, 2.05) is 0 Å². The number of aryl methyl sites for hydroxylation is 1. The minimum absolute atomic E-state index is 0.206. The number of halogens is 1. The van der Waals surface area contributed by atoms with E-state index in [1.165, 1.54) is 31.0 Å². The second-order valence-corrected chi connectivity index (χ2v) is 5.48. The molecular formula is C14H18FNO3S. The molecule has 0 aliphatic rings. The van der Waals surface area contributed by atoms with Crippen LogP contribution in [0.25, 0.3) is 0 Å². The largest absolute Gasteiger partial charge is 0.469 e. The van der Waals surface area contributed by atoms with Crippen LogP contribution in [0.3, 0.4) is 0 Å². The molecule has 6 heteroatoms. The number of ether oxygens (including phenoxy) is 1. The van der Waals surface area contributed by atoms with Crippen molar-refractivity contribution in [2.75, 3.05) is 23.9 Å². The summed E-state index contributed by atoms with van der Waals surface area (Å²) in [4.78, 5) is 22.9. The lowest BCUT2D eigenvalue weighted by molar-refractivity contribution is -0.144. The molecule has 0 saturated heterocycles.